The minimum atomic E-state index is -1.02. The smallest absolute Gasteiger partial charge is 0.323 e. The molecule has 0 fully saturated rings. The summed E-state index contributed by atoms with van der Waals surface area (Å²) in [7, 11) is 0. The Morgan fingerprint density at radius 2 is 1.95 bits per heavy atom. The number of carbonyl (C=O) groups excluding carboxylic acids is 1. The first-order valence-corrected chi connectivity index (χ1v) is 6.46. The summed E-state index contributed by atoms with van der Waals surface area (Å²) in [6.45, 7) is 0.00108. The van der Waals surface area contributed by atoms with Crippen molar-refractivity contribution in [3.05, 3.63) is 59.7 Å². The minimum absolute atomic E-state index is 0.269. The van der Waals surface area contributed by atoms with Gasteiger partial charge < -0.3 is 15.0 Å². The van der Waals surface area contributed by atoms with E-state index in [1.54, 1.807) is 30.3 Å². The van der Waals surface area contributed by atoms with Crippen molar-refractivity contribution in [2.24, 2.45) is 0 Å². The zero-order chi connectivity index (χ0) is 15.2. The average Bonchev–Trinajstić information content (AvgIpc) is 2.88. The highest BCUT2D eigenvalue weighted by Crippen LogP contribution is 2.07. The Morgan fingerprint density at radius 3 is 2.67 bits per heavy atom. The molecule has 0 radical (unpaired) electrons. The van der Waals surface area contributed by atoms with E-state index in [0.717, 1.165) is 0 Å². The van der Waals surface area contributed by atoms with Crippen molar-refractivity contribution in [1.29, 1.82) is 0 Å². The Hall–Kier alpha value is -2.63. The summed E-state index contributed by atoms with van der Waals surface area (Å²) in [6.07, 6.45) is 1.90. The molecule has 2 N–H and O–H groups in total. The summed E-state index contributed by atoms with van der Waals surface area (Å²) >= 11 is 0. The highest BCUT2D eigenvalue weighted by atomic mass is 19.1. The monoisotopic (exact) mass is 290 g/mol. The molecule has 0 aliphatic carbocycles. The van der Waals surface area contributed by atoms with E-state index in [2.05, 4.69) is 5.32 Å². The van der Waals surface area contributed by atoms with Crippen molar-refractivity contribution in [1.82, 2.24) is 9.88 Å². The maximum atomic E-state index is 13.4. The van der Waals surface area contributed by atoms with Crippen LogP contribution in [0.1, 0.15) is 16.1 Å². The normalized spacial score (nSPS) is 10.3. The van der Waals surface area contributed by atoms with Crippen LogP contribution >= 0.6 is 0 Å². The van der Waals surface area contributed by atoms with Crippen LogP contribution in [0.5, 0.6) is 0 Å². The van der Waals surface area contributed by atoms with Gasteiger partial charge in [-0.05, 0) is 30.2 Å². The Morgan fingerprint density at radius 1 is 1.19 bits per heavy atom. The molecule has 5 nitrogen and oxygen atoms in total. The van der Waals surface area contributed by atoms with Crippen LogP contribution in [0.4, 0.5) is 4.39 Å². The number of hydrogen-bond acceptors (Lipinski definition) is 2. The quantitative estimate of drug-likeness (QED) is 0.850. The molecule has 0 saturated carbocycles. The van der Waals surface area contributed by atoms with Gasteiger partial charge in [0.1, 0.15) is 18.1 Å². The molecule has 0 atom stereocenters. The number of halogens is 1. The van der Waals surface area contributed by atoms with Gasteiger partial charge in [0, 0.05) is 12.7 Å². The van der Waals surface area contributed by atoms with Crippen LogP contribution in [0.3, 0.4) is 0 Å². The predicted octanol–water partition coefficient (Wildman–Crippen LogP) is 1.68. The molecule has 0 unspecified atom stereocenters. The number of amides is 1. The van der Waals surface area contributed by atoms with Gasteiger partial charge in [-0.2, -0.15) is 0 Å². The molecule has 2 rings (SSSR count). The largest absolute Gasteiger partial charge is 0.480 e. The molecule has 1 amide bonds. The molecular formula is C15H15FN2O3. The Labute approximate surface area is 121 Å². The molecule has 21 heavy (non-hydrogen) atoms. The fourth-order valence-electron chi connectivity index (χ4n) is 2.01. The molecule has 6 heteroatoms. The van der Waals surface area contributed by atoms with Gasteiger partial charge in [-0.1, -0.05) is 18.2 Å². The zero-order valence-electron chi connectivity index (χ0n) is 11.3. The number of nitrogens with zero attached hydrogens (tertiary/aromatic N) is 1. The number of benzene rings is 1. The van der Waals surface area contributed by atoms with Crippen molar-refractivity contribution in [2.75, 3.05) is 6.54 Å². The van der Waals surface area contributed by atoms with Crippen molar-refractivity contribution in [2.45, 2.75) is 13.0 Å². The van der Waals surface area contributed by atoms with E-state index in [9.17, 15) is 14.0 Å². The predicted molar refractivity (Wildman–Crippen MR) is 74.5 cm³/mol. The summed E-state index contributed by atoms with van der Waals surface area (Å²) in [5.41, 5.74) is 0.796. The Balaban J connectivity index is 1.92. The lowest BCUT2D eigenvalue weighted by molar-refractivity contribution is -0.137. The Kier molecular flexibility index (Phi) is 4.71. The summed E-state index contributed by atoms with van der Waals surface area (Å²) in [6, 6.07) is 9.52. The lowest BCUT2D eigenvalue weighted by Gasteiger charge is -2.08. The topological polar surface area (TPSA) is 71.3 Å². The molecule has 0 saturated heterocycles. The molecule has 2 aromatic rings. The number of rotatable bonds is 6. The van der Waals surface area contributed by atoms with Crippen LogP contribution in [0.25, 0.3) is 0 Å². The average molecular weight is 290 g/mol. The second-order valence-corrected chi connectivity index (χ2v) is 4.51. The van der Waals surface area contributed by atoms with E-state index < -0.39 is 5.97 Å². The van der Waals surface area contributed by atoms with Crippen LogP contribution in [-0.4, -0.2) is 28.1 Å². The van der Waals surface area contributed by atoms with Gasteiger partial charge in [0.2, 0.25) is 0 Å². The van der Waals surface area contributed by atoms with Crippen LogP contribution in [0.15, 0.2) is 42.6 Å². The zero-order valence-corrected chi connectivity index (χ0v) is 11.3. The maximum Gasteiger partial charge on any atom is 0.323 e. The maximum absolute atomic E-state index is 13.4. The molecule has 0 spiro atoms. The van der Waals surface area contributed by atoms with Crippen molar-refractivity contribution < 1.29 is 19.1 Å². The van der Waals surface area contributed by atoms with E-state index in [4.69, 9.17) is 5.11 Å². The molecule has 0 bridgehead atoms. The molecule has 0 aliphatic heterocycles. The number of carbonyl (C=O) groups is 2. The molecule has 0 aliphatic rings. The van der Waals surface area contributed by atoms with Crippen molar-refractivity contribution >= 4 is 11.9 Å². The third kappa shape index (κ3) is 3.92. The van der Waals surface area contributed by atoms with Crippen LogP contribution in [-0.2, 0) is 17.8 Å². The molecule has 1 heterocycles. The van der Waals surface area contributed by atoms with Gasteiger partial charge in [0.05, 0.1) is 0 Å². The lowest BCUT2D eigenvalue weighted by Crippen LogP contribution is -2.28. The Bertz CT molecular complexity index is 652. The fourth-order valence-corrected chi connectivity index (χ4v) is 2.01. The second kappa shape index (κ2) is 6.69. The van der Waals surface area contributed by atoms with Gasteiger partial charge in [-0.3, -0.25) is 9.59 Å². The lowest BCUT2D eigenvalue weighted by atomic mass is 10.1. The van der Waals surface area contributed by atoms with Gasteiger partial charge >= 0.3 is 5.97 Å². The number of aromatic nitrogens is 1. The summed E-state index contributed by atoms with van der Waals surface area (Å²) < 4.78 is 14.8. The molecular weight excluding hydrogens is 275 g/mol. The molecule has 1 aromatic carbocycles. The number of carboxylic acids is 1. The molecule has 110 valence electrons. The summed E-state index contributed by atoms with van der Waals surface area (Å²) in [4.78, 5) is 22.6. The van der Waals surface area contributed by atoms with Crippen molar-refractivity contribution in [3.8, 4) is 0 Å². The third-order valence-electron chi connectivity index (χ3n) is 3.01. The van der Waals surface area contributed by atoms with Gasteiger partial charge in [0.15, 0.2) is 0 Å². The second-order valence-electron chi connectivity index (χ2n) is 4.51. The van der Waals surface area contributed by atoms with Gasteiger partial charge in [0.25, 0.3) is 5.91 Å². The third-order valence-corrected chi connectivity index (χ3v) is 3.01. The summed E-state index contributed by atoms with van der Waals surface area (Å²) in [5.74, 6) is -1.70. The standard InChI is InChI=1S/C15H15FN2O3/c16-12-5-2-1-4-11(12)7-8-17-15(21)13-6-3-9-18(13)10-14(19)20/h1-6,9H,7-8,10H2,(H,17,21)(H,19,20). The first-order valence-electron chi connectivity index (χ1n) is 6.46. The highest BCUT2D eigenvalue weighted by Gasteiger charge is 2.12. The molecule has 1 aromatic heterocycles. The number of aliphatic carboxylic acids is 1. The van der Waals surface area contributed by atoms with E-state index in [1.165, 1.54) is 16.8 Å². The van der Waals surface area contributed by atoms with E-state index in [1.807, 2.05) is 0 Å². The van der Waals surface area contributed by atoms with E-state index in [0.29, 0.717) is 12.0 Å². The van der Waals surface area contributed by atoms with Gasteiger partial charge in [-0.15, -0.1) is 0 Å². The van der Waals surface area contributed by atoms with E-state index in [-0.39, 0.29) is 30.5 Å². The highest BCUT2D eigenvalue weighted by molar-refractivity contribution is 5.93. The van der Waals surface area contributed by atoms with Crippen molar-refractivity contribution in [3.63, 3.8) is 0 Å². The number of hydrogen-bond donors (Lipinski definition) is 2. The van der Waals surface area contributed by atoms with Crippen LogP contribution in [0.2, 0.25) is 0 Å². The van der Waals surface area contributed by atoms with Crippen LogP contribution in [0, 0.1) is 5.82 Å². The van der Waals surface area contributed by atoms with E-state index >= 15 is 0 Å². The number of nitrogens with one attached hydrogen (secondary N) is 1. The summed E-state index contributed by atoms with van der Waals surface area (Å²) in [5, 5.41) is 11.4. The first-order chi connectivity index (χ1) is 10.1. The number of carboxylic acid groups (broad SMARTS) is 1. The van der Waals surface area contributed by atoms with Gasteiger partial charge in [-0.25, -0.2) is 4.39 Å². The first kappa shape index (κ1) is 14.8. The SMILES string of the molecule is O=C(O)Cn1cccc1C(=O)NCCc1ccccc1F. The van der Waals surface area contributed by atoms with Crippen LogP contribution < -0.4 is 5.32 Å². The minimum Gasteiger partial charge on any atom is -0.480 e. The fraction of sp³-hybridized carbons (Fsp3) is 0.200.